The van der Waals surface area contributed by atoms with E-state index in [1.807, 2.05) is 55.4 Å². The van der Waals surface area contributed by atoms with Crippen molar-refractivity contribution in [3.05, 3.63) is 53.6 Å². The van der Waals surface area contributed by atoms with Crippen LogP contribution < -0.4 is 9.64 Å². The average molecular weight is 474 g/mol. The van der Waals surface area contributed by atoms with Crippen molar-refractivity contribution in [2.24, 2.45) is 5.41 Å². The number of benzene rings is 2. The van der Waals surface area contributed by atoms with Crippen LogP contribution in [0.2, 0.25) is 0 Å². The second-order valence-electron chi connectivity index (χ2n) is 9.64. The molecular weight excluding hydrogens is 434 g/mol. The highest BCUT2D eigenvalue weighted by Crippen LogP contribution is 2.50. The molecule has 0 bridgehead atoms. The van der Waals surface area contributed by atoms with E-state index in [-0.39, 0.29) is 5.75 Å². The van der Waals surface area contributed by atoms with E-state index in [1.54, 1.807) is 13.2 Å². The number of sulfone groups is 1. The quantitative estimate of drug-likeness (QED) is 0.528. The zero-order valence-electron chi connectivity index (χ0n) is 20.7. The first-order valence-electron chi connectivity index (χ1n) is 12.0. The molecule has 0 saturated heterocycles. The fourth-order valence-corrected chi connectivity index (χ4v) is 7.39. The number of rotatable bonds is 9. The molecule has 0 spiro atoms. The number of aliphatic hydroxyl groups excluding tert-OH is 1. The smallest absolute Gasteiger partial charge is 0.179 e. The van der Waals surface area contributed by atoms with Gasteiger partial charge in [0.05, 0.1) is 23.9 Å². The van der Waals surface area contributed by atoms with Gasteiger partial charge in [0.25, 0.3) is 0 Å². The minimum atomic E-state index is -3.58. The molecule has 0 amide bonds. The third-order valence-electron chi connectivity index (χ3n) is 7.13. The van der Waals surface area contributed by atoms with Gasteiger partial charge in [-0.05, 0) is 54.3 Å². The van der Waals surface area contributed by atoms with E-state index in [9.17, 15) is 13.5 Å². The zero-order chi connectivity index (χ0) is 24.2. The van der Waals surface area contributed by atoms with Gasteiger partial charge in [0.2, 0.25) is 0 Å². The second-order valence-corrected chi connectivity index (χ2v) is 11.6. The van der Waals surface area contributed by atoms with Crippen molar-refractivity contribution in [2.75, 3.05) is 31.9 Å². The highest BCUT2D eigenvalue weighted by molar-refractivity contribution is 7.91. The molecule has 3 rings (SSSR count). The Bertz CT molecular complexity index is 1020. The summed E-state index contributed by atoms with van der Waals surface area (Å²) in [6, 6.07) is 13.2. The third-order valence-corrected chi connectivity index (χ3v) is 9.13. The Labute approximate surface area is 199 Å². The molecule has 1 aliphatic rings. The molecule has 33 heavy (non-hydrogen) atoms. The fraction of sp³-hybridized carbons (Fsp3) is 0.556. The lowest BCUT2D eigenvalue weighted by Crippen LogP contribution is -2.43. The molecule has 5 nitrogen and oxygen atoms in total. The Morgan fingerprint density at radius 2 is 1.64 bits per heavy atom. The number of anilines is 1. The van der Waals surface area contributed by atoms with E-state index in [0.29, 0.717) is 23.3 Å². The molecule has 0 fully saturated rings. The number of methoxy groups -OCH3 is 1. The third kappa shape index (κ3) is 5.22. The van der Waals surface area contributed by atoms with Crippen LogP contribution in [0.25, 0.3) is 0 Å². The number of nitrogens with zero attached hydrogens (tertiary/aromatic N) is 1. The van der Waals surface area contributed by atoms with Gasteiger partial charge < -0.3 is 14.7 Å². The molecule has 2 aromatic carbocycles. The van der Waals surface area contributed by atoms with Crippen LogP contribution in [0.1, 0.15) is 69.4 Å². The van der Waals surface area contributed by atoms with Crippen LogP contribution in [0.4, 0.5) is 5.69 Å². The van der Waals surface area contributed by atoms with Crippen molar-refractivity contribution in [3.8, 4) is 5.75 Å². The number of hydrogen-bond donors (Lipinski definition) is 1. The lowest BCUT2D eigenvalue weighted by molar-refractivity contribution is 0.0127. The topological polar surface area (TPSA) is 66.8 Å². The standard InChI is InChI=1S/C27H39NO4S/c1-6-8-16-27(17-9-7-2)19-33(30,31)24-15-12-21(28(3)4)18-23(24)25(26(27)29)20-10-13-22(32-5)14-11-20/h10-15,18,25-26,29H,6-9,16-17,19H2,1-5H3/t25?,26-/m1/s1. The Hall–Kier alpha value is -2.05. The zero-order valence-corrected chi connectivity index (χ0v) is 21.5. The molecular formula is C27H39NO4S. The van der Waals surface area contributed by atoms with Crippen LogP contribution >= 0.6 is 0 Å². The van der Waals surface area contributed by atoms with Crippen molar-refractivity contribution < 1.29 is 18.3 Å². The van der Waals surface area contributed by atoms with E-state index in [4.69, 9.17) is 4.74 Å². The van der Waals surface area contributed by atoms with Gasteiger partial charge >= 0.3 is 0 Å². The van der Waals surface area contributed by atoms with E-state index >= 15 is 0 Å². The van der Waals surface area contributed by atoms with Crippen LogP contribution in [0.5, 0.6) is 5.75 Å². The van der Waals surface area contributed by atoms with Gasteiger partial charge in [-0.3, -0.25) is 0 Å². The predicted octanol–water partition coefficient (Wildman–Crippen LogP) is 5.41. The van der Waals surface area contributed by atoms with Crippen LogP contribution in [0, 0.1) is 5.41 Å². The fourth-order valence-electron chi connectivity index (χ4n) is 5.20. The first-order valence-corrected chi connectivity index (χ1v) is 13.7. The van der Waals surface area contributed by atoms with Gasteiger partial charge in [0.15, 0.2) is 9.84 Å². The maximum atomic E-state index is 13.8. The van der Waals surface area contributed by atoms with Crippen LogP contribution in [-0.4, -0.2) is 46.6 Å². The summed E-state index contributed by atoms with van der Waals surface area (Å²) in [7, 11) is 1.93. The highest BCUT2D eigenvalue weighted by atomic mass is 32.2. The molecule has 1 heterocycles. The highest BCUT2D eigenvalue weighted by Gasteiger charge is 2.49. The van der Waals surface area contributed by atoms with E-state index in [1.165, 1.54) is 0 Å². The summed E-state index contributed by atoms with van der Waals surface area (Å²) in [5.74, 6) is 0.291. The normalized spacial score (nSPS) is 21.2. The number of fused-ring (bicyclic) bond motifs is 1. The van der Waals surface area contributed by atoms with Gasteiger partial charge in [0, 0.05) is 31.1 Å². The molecule has 2 atom stereocenters. The number of unbranched alkanes of at least 4 members (excludes halogenated alkanes) is 2. The Morgan fingerprint density at radius 1 is 1.03 bits per heavy atom. The maximum Gasteiger partial charge on any atom is 0.179 e. The van der Waals surface area contributed by atoms with Gasteiger partial charge in [0.1, 0.15) is 5.75 Å². The molecule has 6 heteroatoms. The average Bonchev–Trinajstić information content (AvgIpc) is 2.87. The van der Waals surface area contributed by atoms with Gasteiger partial charge in [-0.1, -0.05) is 51.7 Å². The van der Waals surface area contributed by atoms with E-state index < -0.39 is 27.3 Å². The predicted molar refractivity (Wildman–Crippen MR) is 135 cm³/mol. The monoisotopic (exact) mass is 473 g/mol. The van der Waals surface area contributed by atoms with Crippen LogP contribution in [0.3, 0.4) is 0 Å². The first kappa shape index (κ1) is 25.6. The molecule has 1 N–H and O–H groups in total. The molecule has 2 aromatic rings. The molecule has 182 valence electrons. The number of ether oxygens (including phenoxy) is 1. The molecule has 1 unspecified atom stereocenters. The molecule has 1 aliphatic heterocycles. The second kappa shape index (κ2) is 10.5. The summed E-state index contributed by atoms with van der Waals surface area (Å²) in [6.45, 7) is 4.23. The van der Waals surface area contributed by atoms with Crippen molar-refractivity contribution in [3.63, 3.8) is 0 Å². The number of aliphatic hydroxyl groups is 1. The molecule has 0 aromatic heterocycles. The summed E-state index contributed by atoms with van der Waals surface area (Å²) in [5, 5.41) is 12.1. The summed E-state index contributed by atoms with van der Waals surface area (Å²) in [6.07, 6.45) is 4.31. The van der Waals surface area contributed by atoms with E-state index in [0.717, 1.165) is 42.7 Å². The molecule has 0 aliphatic carbocycles. The maximum absolute atomic E-state index is 13.8. The SMILES string of the molecule is CCCCC1(CCCC)CS(=O)(=O)c2ccc(N(C)C)cc2C(c2ccc(OC)cc2)[C@H]1O. The largest absolute Gasteiger partial charge is 0.497 e. The minimum Gasteiger partial charge on any atom is -0.497 e. The lowest BCUT2D eigenvalue weighted by Gasteiger charge is -2.40. The Morgan fingerprint density at radius 3 is 2.15 bits per heavy atom. The summed E-state index contributed by atoms with van der Waals surface area (Å²) in [4.78, 5) is 2.32. The van der Waals surface area contributed by atoms with Gasteiger partial charge in [-0.15, -0.1) is 0 Å². The molecule has 0 radical (unpaired) electrons. The Balaban J connectivity index is 2.29. The van der Waals surface area contributed by atoms with Gasteiger partial charge in [-0.2, -0.15) is 0 Å². The van der Waals surface area contributed by atoms with Crippen molar-refractivity contribution in [1.29, 1.82) is 0 Å². The number of hydrogen-bond acceptors (Lipinski definition) is 5. The lowest BCUT2D eigenvalue weighted by atomic mass is 9.68. The van der Waals surface area contributed by atoms with Crippen molar-refractivity contribution in [2.45, 2.75) is 69.3 Å². The first-order chi connectivity index (χ1) is 15.7. The van der Waals surface area contributed by atoms with Crippen molar-refractivity contribution >= 4 is 15.5 Å². The van der Waals surface area contributed by atoms with Crippen LogP contribution in [-0.2, 0) is 9.84 Å². The van der Waals surface area contributed by atoms with Gasteiger partial charge in [-0.25, -0.2) is 8.42 Å². The minimum absolute atomic E-state index is 0.0118. The molecule has 0 saturated carbocycles. The van der Waals surface area contributed by atoms with E-state index in [2.05, 4.69) is 13.8 Å². The summed E-state index contributed by atoms with van der Waals surface area (Å²) < 4.78 is 32.9. The van der Waals surface area contributed by atoms with Crippen molar-refractivity contribution in [1.82, 2.24) is 0 Å². The summed E-state index contributed by atoms with van der Waals surface area (Å²) >= 11 is 0. The Kier molecular flexibility index (Phi) is 8.12. The summed E-state index contributed by atoms with van der Waals surface area (Å²) in [5.41, 5.74) is 1.83. The van der Waals surface area contributed by atoms with Crippen LogP contribution in [0.15, 0.2) is 47.4 Å².